The molecule has 25 heavy (non-hydrogen) atoms. The van der Waals surface area contributed by atoms with Gasteiger partial charge in [-0.15, -0.1) is 0 Å². The zero-order valence-corrected chi connectivity index (χ0v) is 15.3. The van der Waals surface area contributed by atoms with Gasteiger partial charge in [0.05, 0.1) is 22.7 Å². The highest BCUT2D eigenvalue weighted by atomic mass is 16.5. The fraction of sp³-hybridized carbons (Fsp3) is 0.579. The number of fused-ring (bicyclic) bond motifs is 1. The van der Waals surface area contributed by atoms with E-state index in [1.807, 2.05) is 13.0 Å². The van der Waals surface area contributed by atoms with Crippen LogP contribution in [0, 0.1) is 16.7 Å². The monoisotopic (exact) mass is 340 g/mol. The van der Waals surface area contributed by atoms with Crippen molar-refractivity contribution in [3.8, 4) is 6.07 Å². The minimum absolute atomic E-state index is 0.0103. The lowest BCUT2D eigenvalue weighted by Crippen LogP contribution is -2.31. The van der Waals surface area contributed by atoms with Gasteiger partial charge in [-0.25, -0.2) is 4.98 Å². The Morgan fingerprint density at radius 2 is 2.16 bits per heavy atom. The molecule has 0 saturated heterocycles. The Morgan fingerprint density at radius 3 is 2.72 bits per heavy atom. The minimum atomic E-state index is -0.156. The summed E-state index contributed by atoms with van der Waals surface area (Å²) < 4.78 is 5.48. The Kier molecular flexibility index (Phi) is 4.51. The van der Waals surface area contributed by atoms with E-state index in [0.717, 1.165) is 24.2 Å². The average Bonchev–Trinajstić information content (AvgIpc) is 3.33. The summed E-state index contributed by atoms with van der Waals surface area (Å²) in [6.07, 6.45) is 2.87. The van der Waals surface area contributed by atoms with Gasteiger partial charge in [0.25, 0.3) is 11.6 Å². The highest BCUT2D eigenvalue weighted by molar-refractivity contribution is 6.06. The Bertz CT molecular complexity index is 837. The Hall–Kier alpha value is -2.42. The van der Waals surface area contributed by atoms with E-state index in [1.165, 1.54) is 0 Å². The van der Waals surface area contributed by atoms with Crippen LogP contribution in [0.25, 0.3) is 11.1 Å². The van der Waals surface area contributed by atoms with E-state index >= 15 is 0 Å². The lowest BCUT2D eigenvalue weighted by molar-refractivity contribution is 0.0785. The molecule has 132 valence electrons. The second-order valence-corrected chi connectivity index (χ2v) is 7.89. The maximum absolute atomic E-state index is 13.1. The van der Waals surface area contributed by atoms with Gasteiger partial charge < -0.3 is 9.42 Å². The predicted molar refractivity (Wildman–Crippen MR) is 94.1 cm³/mol. The van der Waals surface area contributed by atoms with E-state index < -0.39 is 0 Å². The maximum Gasteiger partial charge on any atom is 0.259 e. The van der Waals surface area contributed by atoms with Crippen LogP contribution < -0.4 is 0 Å². The fourth-order valence-corrected chi connectivity index (χ4v) is 2.99. The zero-order chi connectivity index (χ0) is 18.2. The zero-order valence-electron chi connectivity index (χ0n) is 15.3. The van der Waals surface area contributed by atoms with Crippen molar-refractivity contribution in [1.82, 2.24) is 15.0 Å². The van der Waals surface area contributed by atoms with Crippen molar-refractivity contribution in [2.45, 2.75) is 52.9 Å². The molecule has 0 spiro atoms. The summed E-state index contributed by atoms with van der Waals surface area (Å²) in [5.41, 5.74) is 2.65. The van der Waals surface area contributed by atoms with Crippen molar-refractivity contribution in [2.24, 2.45) is 5.41 Å². The lowest BCUT2D eigenvalue weighted by Gasteiger charge is -2.19. The van der Waals surface area contributed by atoms with Crippen molar-refractivity contribution in [2.75, 3.05) is 13.1 Å². The van der Waals surface area contributed by atoms with Crippen LogP contribution >= 0.6 is 0 Å². The molecular formula is C19H24N4O2. The Morgan fingerprint density at radius 1 is 1.44 bits per heavy atom. The van der Waals surface area contributed by atoms with E-state index in [9.17, 15) is 4.79 Å². The van der Waals surface area contributed by atoms with Gasteiger partial charge in [-0.05, 0) is 37.7 Å². The van der Waals surface area contributed by atoms with Gasteiger partial charge >= 0.3 is 0 Å². The molecule has 2 heterocycles. The van der Waals surface area contributed by atoms with Gasteiger partial charge in [0.1, 0.15) is 6.54 Å². The van der Waals surface area contributed by atoms with Crippen molar-refractivity contribution in [3.05, 3.63) is 23.0 Å². The first kappa shape index (κ1) is 17.4. The molecule has 0 atom stereocenters. The molecule has 1 aliphatic carbocycles. The molecule has 1 fully saturated rings. The average molecular weight is 340 g/mol. The summed E-state index contributed by atoms with van der Waals surface area (Å²) in [7, 11) is 0. The van der Waals surface area contributed by atoms with Gasteiger partial charge in [0, 0.05) is 18.2 Å². The Labute approximate surface area is 147 Å². The van der Waals surface area contributed by atoms with Gasteiger partial charge in [0.15, 0.2) is 0 Å². The highest BCUT2D eigenvalue weighted by Crippen LogP contribution is 2.41. The first-order valence-corrected chi connectivity index (χ1v) is 8.79. The summed E-state index contributed by atoms with van der Waals surface area (Å²) in [6.45, 7) is 8.78. The molecule has 6 nitrogen and oxygen atoms in total. The SMILES string of the molecule is CCN(CC#N)C(=O)c1cc(C2CC2)nc2onc(CC(C)(C)C)c12. The van der Waals surface area contributed by atoms with E-state index in [2.05, 4.69) is 37.0 Å². The third-order valence-electron chi connectivity index (χ3n) is 4.39. The number of pyridine rings is 1. The lowest BCUT2D eigenvalue weighted by atomic mass is 9.89. The normalized spacial score (nSPS) is 14.5. The van der Waals surface area contributed by atoms with Gasteiger partial charge in [-0.2, -0.15) is 5.26 Å². The first-order valence-electron chi connectivity index (χ1n) is 8.79. The number of amides is 1. The summed E-state index contributed by atoms with van der Waals surface area (Å²) in [5, 5.41) is 13.9. The quantitative estimate of drug-likeness (QED) is 0.775. The van der Waals surface area contributed by atoms with Crippen LogP contribution in [-0.4, -0.2) is 34.0 Å². The number of rotatable bonds is 5. The van der Waals surface area contributed by atoms with Gasteiger partial charge in [-0.3, -0.25) is 4.79 Å². The highest BCUT2D eigenvalue weighted by Gasteiger charge is 2.30. The van der Waals surface area contributed by atoms with E-state index in [0.29, 0.717) is 35.5 Å². The molecule has 2 aromatic rings. The van der Waals surface area contributed by atoms with Crippen LogP contribution in [0.2, 0.25) is 0 Å². The van der Waals surface area contributed by atoms with Crippen LogP contribution in [-0.2, 0) is 6.42 Å². The number of nitrogens with zero attached hydrogens (tertiary/aromatic N) is 4. The van der Waals surface area contributed by atoms with Gasteiger partial charge in [-0.1, -0.05) is 25.9 Å². The number of nitriles is 1. The summed E-state index contributed by atoms with van der Waals surface area (Å²) in [5.74, 6) is 0.245. The molecule has 0 aromatic carbocycles. The minimum Gasteiger partial charge on any atom is -0.336 e. The topological polar surface area (TPSA) is 83.0 Å². The fourth-order valence-electron chi connectivity index (χ4n) is 2.99. The van der Waals surface area contributed by atoms with E-state index in [4.69, 9.17) is 9.78 Å². The second-order valence-electron chi connectivity index (χ2n) is 7.89. The van der Waals surface area contributed by atoms with Crippen molar-refractivity contribution < 1.29 is 9.32 Å². The van der Waals surface area contributed by atoms with Crippen LogP contribution in [0.5, 0.6) is 0 Å². The molecule has 0 bridgehead atoms. The molecule has 0 unspecified atom stereocenters. The molecular weight excluding hydrogens is 316 g/mol. The summed E-state index contributed by atoms with van der Waals surface area (Å²) in [4.78, 5) is 19.2. The van der Waals surface area contributed by atoms with Crippen LogP contribution in [0.1, 0.15) is 68.2 Å². The second kappa shape index (κ2) is 6.47. The van der Waals surface area contributed by atoms with Crippen molar-refractivity contribution in [1.29, 1.82) is 5.26 Å². The maximum atomic E-state index is 13.1. The third-order valence-corrected chi connectivity index (χ3v) is 4.39. The summed E-state index contributed by atoms with van der Waals surface area (Å²) in [6, 6.07) is 3.94. The molecule has 1 saturated carbocycles. The molecule has 3 rings (SSSR count). The number of carbonyl (C=O) groups excluding carboxylic acids is 1. The molecule has 2 aromatic heterocycles. The van der Waals surface area contributed by atoms with Gasteiger partial charge in [0.2, 0.25) is 0 Å². The standard InChI is InChI=1S/C19H24N4O2/c1-5-23(9-8-20)18(24)13-10-14(12-6-7-12)21-17-16(13)15(22-25-17)11-19(2,3)4/h10,12H,5-7,9,11H2,1-4H3. The van der Waals surface area contributed by atoms with Crippen LogP contribution in [0.4, 0.5) is 0 Å². The number of hydrogen-bond donors (Lipinski definition) is 0. The predicted octanol–water partition coefficient (Wildman–Crippen LogP) is 3.67. The van der Waals surface area contributed by atoms with Crippen molar-refractivity contribution >= 4 is 17.0 Å². The molecule has 0 radical (unpaired) electrons. The largest absolute Gasteiger partial charge is 0.336 e. The van der Waals surface area contributed by atoms with Crippen molar-refractivity contribution in [3.63, 3.8) is 0 Å². The molecule has 6 heteroatoms. The molecule has 0 N–H and O–H groups in total. The Balaban J connectivity index is 2.14. The third kappa shape index (κ3) is 3.65. The molecule has 0 aliphatic heterocycles. The molecule has 1 amide bonds. The first-order chi connectivity index (χ1) is 11.8. The summed E-state index contributed by atoms with van der Waals surface area (Å²) >= 11 is 0. The molecule has 1 aliphatic rings. The van der Waals surface area contributed by atoms with E-state index in [1.54, 1.807) is 4.90 Å². The van der Waals surface area contributed by atoms with Crippen LogP contribution in [0.15, 0.2) is 10.6 Å². The smallest absolute Gasteiger partial charge is 0.259 e. The van der Waals surface area contributed by atoms with E-state index in [-0.39, 0.29) is 17.9 Å². The van der Waals surface area contributed by atoms with Crippen LogP contribution in [0.3, 0.4) is 0 Å². The number of hydrogen-bond acceptors (Lipinski definition) is 5. The number of carbonyl (C=O) groups is 1. The number of aromatic nitrogens is 2.